The van der Waals surface area contributed by atoms with E-state index in [1.165, 1.54) is 0 Å². The molecule has 1 heterocycles. The SMILES string of the molecule is CN[C@@H]1CCN(C(=O)Nc2ccccc2C)C1.Cl. The number of para-hydroxylation sites is 1. The van der Waals surface area contributed by atoms with E-state index in [4.69, 9.17) is 0 Å². The third kappa shape index (κ3) is 3.37. The second-order valence-corrected chi connectivity index (χ2v) is 4.47. The minimum atomic E-state index is -0.00273. The van der Waals surface area contributed by atoms with Crippen LogP contribution < -0.4 is 10.6 Å². The maximum atomic E-state index is 12.0. The molecule has 0 radical (unpaired) electrons. The van der Waals surface area contributed by atoms with Crippen LogP contribution in [0.5, 0.6) is 0 Å². The van der Waals surface area contributed by atoms with Crippen LogP contribution in [0.4, 0.5) is 10.5 Å². The number of likely N-dealkylation sites (tertiary alicyclic amines) is 1. The lowest BCUT2D eigenvalue weighted by Gasteiger charge is -2.18. The fourth-order valence-electron chi connectivity index (χ4n) is 2.09. The largest absolute Gasteiger partial charge is 0.323 e. The zero-order valence-electron chi connectivity index (χ0n) is 10.8. The lowest BCUT2D eigenvalue weighted by atomic mass is 10.2. The van der Waals surface area contributed by atoms with Gasteiger partial charge in [0.15, 0.2) is 0 Å². The quantitative estimate of drug-likeness (QED) is 0.865. The van der Waals surface area contributed by atoms with Crippen molar-refractivity contribution >= 4 is 24.1 Å². The van der Waals surface area contributed by atoms with Gasteiger partial charge < -0.3 is 15.5 Å². The van der Waals surface area contributed by atoms with Gasteiger partial charge in [0, 0.05) is 24.8 Å². The van der Waals surface area contributed by atoms with Crippen molar-refractivity contribution < 1.29 is 4.79 Å². The van der Waals surface area contributed by atoms with Crippen molar-refractivity contribution in [2.24, 2.45) is 0 Å². The average molecular weight is 270 g/mol. The number of halogens is 1. The lowest BCUT2D eigenvalue weighted by Crippen LogP contribution is -2.36. The van der Waals surface area contributed by atoms with Crippen LogP contribution in [0.2, 0.25) is 0 Å². The zero-order valence-corrected chi connectivity index (χ0v) is 11.6. The Kier molecular flexibility index (Phi) is 5.44. The van der Waals surface area contributed by atoms with Gasteiger partial charge in [-0.15, -0.1) is 12.4 Å². The molecule has 2 amide bonds. The molecule has 1 saturated heterocycles. The first kappa shape index (κ1) is 14.8. The molecule has 1 aliphatic rings. The summed E-state index contributed by atoms with van der Waals surface area (Å²) in [6, 6.07) is 8.25. The molecule has 2 rings (SSSR count). The highest BCUT2D eigenvalue weighted by Gasteiger charge is 2.25. The average Bonchev–Trinajstić information content (AvgIpc) is 2.81. The van der Waals surface area contributed by atoms with Crippen molar-refractivity contribution in [1.29, 1.82) is 0 Å². The van der Waals surface area contributed by atoms with Crippen LogP contribution in [0.3, 0.4) is 0 Å². The molecular formula is C13H20ClN3O. The van der Waals surface area contributed by atoms with Crippen molar-refractivity contribution in [3.63, 3.8) is 0 Å². The minimum absolute atomic E-state index is 0. The van der Waals surface area contributed by atoms with Crippen LogP contribution in [0.15, 0.2) is 24.3 Å². The van der Waals surface area contributed by atoms with Gasteiger partial charge in [0.1, 0.15) is 0 Å². The molecule has 5 heteroatoms. The molecule has 2 N–H and O–H groups in total. The maximum Gasteiger partial charge on any atom is 0.321 e. The number of likely N-dealkylation sites (N-methyl/N-ethyl adjacent to an activating group) is 1. The summed E-state index contributed by atoms with van der Waals surface area (Å²) < 4.78 is 0. The molecule has 0 unspecified atom stereocenters. The molecule has 1 fully saturated rings. The lowest BCUT2D eigenvalue weighted by molar-refractivity contribution is 0.221. The van der Waals surface area contributed by atoms with E-state index in [9.17, 15) is 4.79 Å². The van der Waals surface area contributed by atoms with Crippen molar-refractivity contribution in [3.8, 4) is 0 Å². The second kappa shape index (κ2) is 6.61. The second-order valence-electron chi connectivity index (χ2n) is 4.47. The van der Waals surface area contributed by atoms with Crippen molar-refractivity contribution in [1.82, 2.24) is 10.2 Å². The van der Waals surface area contributed by atoms with Gasteiger partial charge in [-0.2, -0.15) is 0 Å². The number of hydrogen-bond acceptors (Lipinski definition) is 2. The van der Waals surface area contributed by atoms with Crippen molar-refractivity contribution in [2.45, 2.75) is 19.4 Å². The normalized spacial score (nSPS) is 18.3. The zero-order chi connectivity index (χ0) is 12.3. The molecule has 18 heavy (non-hydrogen) atoms. The van der Waals surface area contributed by atoms with Gasteiger partial charge in [-0.3, -0.25) is 0 Å². The predicted molar refractivity (Wildman–Crippen MR) is 76.5 cm³/mol. The number of benzene rings is 1. The number of hydrogen-bond donors (Lipinski definition) is 2. The Morgan fingerprint density at radius 1 is 1.39 bits per heavy atom. The first-order valence-electron chi connectivity index (χ1n) is 5.99. The van der Waals surface area contributed by atoms with E-state index in [0.29, 0.717) is 6.04 Å². The molecule has 1 aromatic carbocycles. The third-order valence-electron chi connectivity index (χ3n) is 3.27. The number of amides is 2. The minimum Gasteiger partial charge on any atom is -0.323 e. The first-order valence-corrected chi connectivity index (χ1v) is 5.99. The summed E-state index contributed by atoms with van der Waals surface area (Å²) >= 11 is 0. The summed E-state index contributed by atoms with van der Waals surface area (Å²) in [5.74, 6) is 0. The topological polar surface area (TPSA) is 44.4 Å². The number of urea groups is 1. The van der Waals surface area contributed by atoms with E-state index in [0.717, 1.165) is 30.8 Å². The molecule has 1 atom stereocenters. The molecule has 4 nitrogen and oxygen atoms in total. The summed E-state index contributed by atoms with van der Waals surface area (Å²) in [5.41, 5.74) is 1.98. The van der Waals surface area contributed by atoms with E-state index in [1.807, 2.05) is 43.1 Å². The number of carbonyl (C=O) groups is 1. The van der Waals surface area contributed by atoms with Crippen molar-refractivity contribution in [2.75, 3.05) is 25.5 Å². The van der Waals surface area contributed by atoms with E-state index in [2.05, 4.69) is 10.6 Å². The van der Waals surface area contributed by atoms with Gasteiger partial charge in [-0.05, 0) is 32.0 Å². The van der Waals surface area contributed by atoms with E-state index >= 15 is 0 Å². The highest BCUT2D eigenvalue weighted by Crippen LogP contribution is 2.16. The van der Waals surface area contributed by atoms with Gasteiger partial charge >= 0.3 is 6.03 Å². The van der Waals surface area contributed by atoms with Crippen LogP contribution in [0.25, 0.3) is 0 Å². The molecule has 0 aliphatic carbocycles. The number of nitrogens with zero attached hydrogens (tertiary/aromatic N) is 1. The maximum absolute atomic E-state index is 12.0. The molecule has 0 spiro atoms. The van der Waals surface area contributed by atoms with Crippen LogP contribution >= 0.6 is 12.4 Å². The Bertz CT molecular complexity index is 411. The molecule has 0 bridgehead atoms. The van der Waals surface area contributed by atoms with Crippen LogP contribution in [-0.2, 0) is 0 Å². The molecule has 1 aromatic rings. The Morgan fingerprint density at radius 2 is 2.11 bits per heavy atom. The first-order chi connectivity index (χ1) is 8.20. The van der Waals surface area contributed by atoms with Crippen LogP contribution in [0.1, 0.15) is 12.0 Å². The number of rotatable bonds is 2. The Balaban J connectivity index is 0.00000162. The number of aryl methyl sites for hydroxylation is 1. The highest BCUT2D eigenvalue weighted by atomic mass is 35.5. The summed E-state index contributed by atoms with van der Waals surface area (Å²) in [6.45, 7) is 3.60. The Hall–Kier alpha value is -1.26. The molecule has 0 aromatic heterocycles. The van der Waals surface area contributed by atoms with Crippen molar-refractivity contribution in [3.05, 3.63) is 29.8 Å². The van der Waals surface area contributed by atoms with Gasteiger partial charge in [-0.25, -0.2) is 4.79 Å². The summed E-state index contributed by atoms with van der Waals surface area (Å²) in [5, 5.41) is 6.16. The highest BCUT2D eigenvalue weighted by molar-refractivity contribution is 5.90. The smallest absolute Gasteiger partial charge is 0.321 e. The fraction of sp³-hybridized carbons (Fsp3) is 0.462. The fourth-order valence-corrected chi connectivity index (χ4v) is 2.09. The molecule has 100 valence electrons. The monoisotopic (exact) mass is 269 g/mol. The Morgan fingerprint density at radius 3 is 2.72 bits per heavy atom. The van der Waals surface area contributed by atoms with Gasteiger partial charge in [-0.1, -0.05) is 18.2 Å². The summed E-state index contributed by atoms with van der Waals surface area (Å²) in [6.07, 6.45) is 1.03. The van der Waals surface area contributed by atoms with E-state index in [1.54, 1.807) is 0 Å². The summed E-state index contributed by atoms with van der Waals surface area (Å²) in [7, 11) is 1.94. The third-order valence-corrected chi connectivity index (χ3v) is 3.27. The Labute approximate surface area is 114 Å². The van der Waals surface area contributed by atoms with E-state index < -0.39 is 0 Å². The standard InChI is InChI=1S/C13H19N3O.ClH/c1-10-5-3-4-6-12(10)15-13(17)16-8-7-11(9-16)14-2;/h3-6,11,14H,7-9H2,1-2H3,(H,15,17);1H/t11-;/m1./s1. The molecular weight excluding hydrogens is 250 g/mol. The van der Waals surface area contributed by atoms with E-state index in [-0.39, 0.29) is 18.4 Å². The van der Waals surface area contributed by atoms with Gasteiger partial charge in [0.05, 0.1) is 0 Å². The predicted octanol–water partition coefficient (Wildman–Crippen LogP) is 2.24. The molecule has 0 saturated carbocycles. The summed E-state index contributed by atoms with van der Waals surface area (Å²) in [4.78, 5) is 13.9. The van der Waals surface area contributed by atoms with Gasteiger partial charge in [0.2, 0.25) is 0 Å². The van der Waals surface area contributed by atoms with Gasteiger partial charge in [0.25, 0.3) is 0 Å². The number of nitrogens with one attached hydrogen (secondary N) is 2. The number of carbonyl (C=O) groups excluding carboxylic acids is 1. The molecule has 1 aliphatic heterocycles. The number of anilines is 1. The van der Waals surface area contributed by atoms with Crippen LogP contribution in [-0.4, -0.2) is 37.1 Å². The van der Waals surface area contributed by atoms with Crippen LogP contribution in [0, 0.1) is 6.92 Å².